The number of hydrogen-bond donors (Lipinski definition) is 1. The Kier molecular flexibility index (Phi) is 5.52. The summed E-state index contributed by atoms with van der Waals surface area (Å²) >= 11 is 0. The van der Waals surface area contributed by atoms with Crippen molar-refractivity contribution in [2.24, 2.45) is 11.8 Å². The van der Waals surface area contributed by atoms with Crippen LogP contribution in [0.2, 0.25) is 0 Å². The van der Waals surface area contributed by atoms with Crippen LogP contribution in [-0.2, 0) is 21.2 Å². The number of benzene rings is 2. The first kappa shape index (κ1) is 22.4. The fraction of sp³-hybridized carbons (Fsp3) is 0.458. The zero-order chi connectivity index (χ0) is 23.5. The monoisotopic (exact) mass is 478 g/mol. The van der Waals surface area contributed by atoms with E-state index in [-0.39, 0.29) is 46.9 Å². The predicted molar refractivity (Wildman–Crippen MR) is 117 cm³/mol. The van der Waals surface area contributed by atoms with E-state index in [4.69, 9.17) is 0 Å². The fourth-order valence-corrected chi connectivity index (χ4v) is 6.16. The molecular formula is C24H25F3N2O3S. The summed E-state index contributed by atoms with van der Waals surface area (Å²) in [6.45, 7) is 0. The van der Waals surface area contributed by atoms with Gasteiger partial charge in [0, 0.05) is 29.6 Å². The molecule has 1 amide bonds. The van der Waals surface area contributed by atoms with Gasteiger partial charge in [0.15, 0.2) is 0 Å². The van der Waals surface area contributed by atoms with Gasteiger partial charge in [0.1, 0.15) is 17.5 Å². The summed E-state index contributed by atoms with van der Waals surface area (Å²) in [5.41, 5.74) is 0.406. The number of carbonyl (C=O) groups is 1. The lowest BCUT2D eigenvalue weighted by molar-refractivity contribution is -0.140. The van der Waals surface area contributed by atoms with E-state index in [1.54, 1.807) is 17.0 Å². The highest BCUT2D eigenvalue weighted by Crippen LogP contribution is 2.50. The Morgan fingerprint density at radius 1 is 1.12 bits per heavy atom. The maximum atomic E-state index is 15.5. The van der Waals surface area contributed by atoms with Crippen molar-refractivity contribution in [3.8, 4) is 11.1 Å². The quantitative estimate of drug-likeness (QED) is 0.690. The lowest BCUT2D eigenvalue weighted by Gasteiger charge is -2.37. The molecule has 0 radical (unpaired) electrons. The summed E-state index contributed by atoms with van der Waals surface area (Å²) in [5.74, 6) is -2.27. The van der Waals surface area contributed by atoms with E-state index in [2.05, 4.69) is 4.72 Å². The summed E-state index contributed by atoms with van der Waals surface area (Å²) in [6, 6.07) is 6.42. The van der Waals surface area contributed by atoms with Crippen LogP contribution in [0.5, 0.6) is 0 Å². The minimum Gasteiger partial charge on any atom is -0.334 e. The van der Waals surface area contributed by atoms with Crippen LogP contribution in [0.3, 0.4) is 0 Å². The SMILES string of the molecule is CS(=O)(=O)N[C@H]1[C@@H]2C[C@@H]2N(C(=O)C2CCC2)[C@H]1Cc1cccc(-c2cc(F)cc(F)c2)c1F. The van der Waals surface area contributed by atoms with Crippen molar-refractivity contribution in [3.63, 3.8) is 0 Å². The van der Waals surface area contributed by atoms with E-state index in [0.717, 1.165) is 50.1 Å². The van der Waals surface area contributed by atoms with Gasteiger partial charge in [-0.3, -0.25) is 4.79 Å². The number of hydrogen-bond acceptors (Lipinski definition) is 3. The molecule has 2 saturated carbocycles. The number of halogens is 3. The third-order valence-electron chi connectivity index (χ3n) is 7.14. The molecule has 1 aliphatic heterocycles. The molecule has 1 saturated heterocycles. The molecule has 0 unspecified atom stereocenters. The minimum atomic E-state index is -3.54. The van der Waals surface area contributed by atoms with Crippen molar-refractivity contribution in [1.82, 2.24) is 9.62 Å². The van der Waals surface area contributed by atoms with Gasteiger partial charge in [-0.1, -0.05) is 24.6 Å². The predicted octanol–water partition coefficient (Wildman–Crippen LogP) is 3.63. The lowest BCUT2D eigenvalue weighted by atomic mass is 9.83. The normalized spacial score (nSPS) is 26.7. The van der Waals surface area contributed by atoms with Crippen LogP contribution in [0.1, 0.15) is 31.2 Å². The number of carbonyl (C=O) groups excluding carboxylic acids is 1. The number of likely N-dealkylation sites (tertiary alicyclic amines) is 1. The van der Waals surface area contributed by atoms with Gasteiger partial charge < -0.3 is 4.90 Å². The Labute approximate surface area is 191 Å². The zero-order valence-corrected chi connectivity index (χ0v) is 18.9. The van der Waals surface area contributed by atoms with Crippen LogP contribution in [0.15, 0.2) is 36.4 Å². The van der Waals surface area contributed by atoms with Gasteiger partial charge >= 0.3 is 0 Å². The fourth-order valence-electron chi connectivity index (χ4n) is 5.34. The van der Waals surface area contributed by atoms with E-state index in [1.165, 1.54) is 6.07 Å². The maximum absolute atomic E-state index is 15.5. The van der Waals surface area contributed by atoms with Gasteiger partial charge in [-0.2, -0.15) is 0 Å². The van der Waals surface area contributed by atoms with Crippen molar-refractivity contribution in [2.45, 2.75) is 50.2 Å². The van der Waals surface area contributed by atoms with Gasteiger partial charge in [-0.05, 0) is 54.9 Å². The van der Waals surface area contributed by atoms with Crippen LogP contribution < -0.4 is 4.72 Å². The smallest absolute Gasteiger partial charge is 0.226 e. The number of rotatable bonds is 6. The van der Waals surface area contributed by atoms with Gasteiger partial charge in [-0.15, -0.1) is 0 Å². The Balaban J connectivity index is 1.49. The molecule has 5 nitrogen and oxygen atoms in total. The van der Waals surface area contributed by atoms with Crippen molar-refractivity contribution in [3.05, 3.63) is 59.4 Å². The second-order valence-corrected chi connectivity index (χ2v) is 11.2. The van der Waals surface area contributed by atoms with Crippen molar-refractivity contribution in [2.75, 3.05) is 6.26 Å². The van der Waals surface area contributed by atoms with Gasteiger partial charge in [-0.25, -0.2) is 26.3 Å². The first-order chi connectivity index (χ1) is 15.6. The van der Waals surface area contributed by atoms with E-state index < -0.39 is 39.6 Å². The molecule has 9 heteroatoms. The summed E-state index contributed by atoms with van der Waals surface area (Å²) in [6.07, 6.45) is 4.55. The second kappa shape index (κ2) is 8.13. The molecule has 2 aromatic carbocycles. The highest BCUT2D eigenvalue weighted by molar-refractivity contribution is 7.88. The van der Waals surface area contributed by atoms with Gasteiger partial charge in [0.2, 0.25) is 15.9 Å². The molecule has 2 aliphatic carbocycles. The molecule has 0 aromatic heterocycles. The van der Waals surface area contributed by atoms with Crippen molar-refractivity contribution in [1.29, 1.82) is 0 Å². The highest BCUT2D eigenvalue weighted by Gasteiger charge is 2.61. The largest absolute Gasteiger partial charge is 0.334 e. The average Bonchev–Trinajstić information content (AvgIpc) is 3.39. The molecule has 33 heavy (non-hydrogen) atoms. The third kappa shape index (κ3) is 4.28. The first-order valence-electron chi connectivity index (χ1n) is 11.2. The van der Waals surface area contributed by atoms with Crippen LogP contribution in [0.25, 0.3) is 11.1 Å². The topological polar surface area (TPSA) is 66.5 Å². The van der Waals surface area contributed by atoms with Crippen LogP contribution >= 0.6 is 0 Å². The van der Waals surface area contributed by atoms with Crippen molar-refractivity contribution < 1.29 is 26.4 Å². The van der Waals surface area contributed by atoms with E-state index in [0.29, 0.717) is 0 Å². The Hall–Kier alpha value is -2.39. The Bertz CT molecular complexity index is 1200. The van der Waals surface area contributed by atoms with E-state index >= 15 is 4.39 Å². The molecule has 1 heterocycles. The van der Waals surface area contributed by atoms with Crippen LogP contribution in [-0.4, -0.2) is 43.6 Å². The molecule has 3 fully saturated rings. The Morgan fingerprint density at radius 3 is 2.42 bits per heavy atom. The molecule has 1 N–H and O–H groups in total. The van der Waals surface area contributed by atoms with Gasteiger partial charge in [0.25, 0.3) is 0 Å². The molecule has 0 bridgehead atoms. The van der Waals surface area contributed by atoms with E-state index in [1.807, 2.05) is 0 Å². The van der Waals surface area contributed by atoms with Crippen LogP contribution in [0.4, 0.5) is 13.2 Å². The highest BCUT2D eigenvalue weighted by atomic mass is 32.2. The molecule has 3 aliphatic rings. The molecule has 2 aromatic rings. The second-order valence-electron chi connectivity index (χ2n) is 9.46. The standard InChI is InChI=1S/C24H25F3N2O3S/c1-33(31,32)28-23-19-12-20(19)29(24(30)13-4-2-5-13)21(23)10-14-6-3-7-18(22(14)27)15-8-16(25)11-17(26)9-15/h3,6-9,11,13,19-21,23,28H,2,4-5,10,12H2,1H3/t19-,20+,21+,23+/m1/s1. The molecular weight excluding hydrogens is 453 g/mol. The van der Waals surface area contributed by atoms with E-state index in [9.17, 15) is 22.0 Å². The molecule has 176 valence electrons. The Morgan fingerprint density at radius 2 is 1.82 bits per heavy atom. The lowest BCUT2D eigenvalue weighted by Crippen LogP contribution is -2.52. The summed E-state index contributed by atoms with van der Waals surface area (Å²) < 4.78 is 69.7. The number of piperidine rings is 1. The zero-order valence-electron chi connectivity index (χ0n) is 18.1. The third-order valence-corrected chi connectivity index (χ3v) is 7.84. The van der Waals surface area contributed by atoms with Gasteiger partial charge in [0.05, 0.1) is 12.3 Å². The summed E-state index contributed by atoms with van der Waals surface area (Å²) in [5, 5.41) is 0. The molecule has 5 rings (SSSR count). The number of nitrogens with zero attached hydrogens (tertiary/aromatic N) is 1. The van der Waals surface area contributed by atoms with Crippen molar-refractivity contribution >= 4 is 15.9 Å². The average molecular weight is 479 g/mol. The van der Waals surface area contributed by atoms with Crippen LogP contribution in [0, 0.1) is 29.3 Å². The molecule has 4 atom stereocenters. The number of amides is 1. The summed E-state index contributed by atoms with van der Waals surface area (Å²) in [7, 11) is -3.54. The first-order valence-corrected chi connectivity index (χ1v) is 13.0. The minimum absolute atomic E-state index is 0.0114. The number of nitrogens with one attached hydrogen (secondary N) is 1. The number of fused-ring (bicyclic) bond motifs is 1. The summed E-state index contributed by atoms with van der Waals surface area (Å²) in [4.78, 5) is 15.0. The number of sulfonamides is 1. The maximum Gasteiger partial charge on any atom is 0.226 e. The molecule has 0 spiro atoms.